The molecule has 3 fully saturated rings. The number of aromatic nitrogens is 2. The van der Waals surface area contributed by atoms with Crippen molar-refractivity contribution in [3.05, 3.63) is 117 Å². The number of hydrogen-bond donors (Lipinski definition) is 3. The Kier molecular flexibility index (Phi) is 12.0. The minimum absolute atomic E-state index is 0.0192. The number of hydrogen-bond acceptors (Lipinski definition) is 11. The van der Waals surface area contributed by atoms with E-state index in [1.165, 1.54) is 42.3 Å². The van der Waals surface area contributed by atoms with Gasteiger partial charge in [0, 0.05) is 79.2 Å². The molecule has 0 unspecified atom stereocenters. The monoisotopic (exact) mass is 879 g/mol. The maximum Gasteiger partial charge on any atom is 0.293 e. The Morgan fingerprint density at radius 2 is 1.77 bits per heavy atom. The van der Waals surface area contributed by atoms with Crippen LogP contribution in [-0.4, -0.2) is 86.6 Å². The Morgan fingerprint density at radius 1 is 1.00 bits per heavy atom. The van der Waals surface area contributed by atoms with Gasteiger partial charge in [0.05, 0.1) is 21.6 Å². The Morgan fingerprint density at radius 3 is 2.55 bits per heavy atom. The second-order valence-corrected chi connectivity index (χ2v) is 19.2. The first kappa shape index (κ1) is 41.9. The van der Waals surface area contributed by atoms with Crippen molar-refractivity contribution < 1.29 is 27.6 Å². The lowest BCUT2D eigenvalue weighted by atomic mass is 9.71. The summed E-state index contributed by atoms with van der Waals surface area (Å²) in [7, 11) is -4.54. The fraction of sp³-hybridized carbons (Fsp3) is 0.391. The maximum atomic E-state index is 13.9. The molecule has 16 heteroatoms. The molecule has 4 aliphatic rings. The molecule has 0 radical (unpaired) electrons. The normalized spacial score (nSPS) is 18.4. The molecule has 3 N–H and O–H groups in total. The highest BCUT2D eigenvalue weighted by atomic mass is 35.5. The van der Waals surface area contributed by atoms with Gasteiger partial charge < -0.3 is 24.7 Å². The number of anilines is 2. The van der Waals surface area contributed by atoms with Crippen LogP contribution < -0.4 is 19.7 Å². The van der Waals surface area contributed by atoms with Gasteiger partial charge in [-0.15, -0.1) is 0 Å². The number of H-pyrrole nitrogens is 1. The van der Waals surface area contributed by atoms with Crippen LogP contribution in [0.2, 0.25) is 5.02 Å². The number of nitrogens with zero attached hydrogens (tertiary/aromatic N) is 4. The second kappa shape index (κ2) is 17.7. The van der Waals surface area contributed by atoms with E-state index in [4.69, 9.17) is 21.1 Å². The SMILES string of the molecule is O=C(NS(=O)(=O)c1ccc(NCC2CCOCC2)c([N+](=O)[O-])c1)c1ccc(N2CC3(CCN(CC4=C(c5ccc(Cl)cc5)CCCC4)CC3)C2)cc1Oc1cnc2[nH]ccc2c1. The number of rotatable bonds is 13. The molecule has 5 aromatic rings. The van der Waals surface area contributed by atoms with E-state index in [0.29, 0.717) is 31.2 Å². The van der Waals surface area contributed by atoms with Crippen molar-refractivity contribution >= 4 is 61.2 Å². The number of nitro groups is 1. The van der Waals surface area contributed by atoms with Gasteiger partial charge >= 0.3 is 0 Å². The smallest absolute Gasteiger partial charge is 0.293 e. The molecule has 0 bridgehead atoms. The predicted octanol–water partition coefficient (Wildman–Crippen LogP) is 8.80. The molecule has 324 valence electrons. The summed E-state index contributed by atoms with van der Waals surface area (Å²) < 4.78 is 41.2. The van der Waals surface area contributed by atoms with E-state index in [2.05, 4.69) is 41.9 Å². The number of piperidine rings is 1. The largest absolute Gasteiger partial charge is 0.455 e. The van der Waals surface area contributed by atoms with Crippen LogP contribution in [0.4, 0.5) is 17.1 Å². The van der Waals surface area contributed by atoms with Crippen molar-refractivity contribution in [1.82, 2.24) is 19.6 Å². The lowest BCUT2D eigenvalue weighted by Gasteiger charge is -2.55. The molecule has 1 aliphatic carbocycles. The minimum atomic E-state index is -4.54. The number of benzene rings is 3. The number of pyridine rings is 1. The predicted molar refractivity (Wildman–Crippen MR) is 240 cm³/mol. The molecule has 3 aromatic carbocycles. The first-order chi connectivity index (χ1) is 30.0. The van der Waals surface area contributed by atoms with E-state index in [1.54, 1.807) is 30.0 Å². The van der Waals surface area contributed by atoms with Gasteiger partial charge in [0.15, 0.2) is 0 Å². The summed E-state index contributed by atoms with van der Waals surface area (Å²) in [5.41, 5.74) is 5.79. The van der Waals surface area contributed by atoms with Crippen LogP contribution in [0.3, 0.4) is 0 Å². The summed E-state index contributed by atoms with van der Waals surface area (Å²) in [5, 5.41) is 16.7. The Bertz CT molecular complexity index is 2610. The minimum Gasteiger partial charge on any atom is -0.455 e. The van der Waals surface area contributed by atoms with Gasteiger partial charge in [-0.05, 0) is 130 Å². The van der Waals surface area contributed by atoms with E-state index in [1.807, 2.05) is 24.3 Å². The van der Waals surface area contributed by atoms with E-state index in [0.717, 1.165) is 93.4 Å². The van der Waals surface area contributed by atoms with Crippen molar-refractivity contribution in [2.45, 2.75) is 56.3 Å². The molecular formula is C46H50ClN7O7S. The molecule has 14 nitrogen and oxygen atoms in total. The van der Waals surface area contributed by atoms with Crippen LogP contribution in [0.25, 0.3) is 16.6 Å². The third kappa shape index (κ3) is 9.17. The number of ether oxygens (including phenoxy) is 2. The number of amides is 1. The summed E-state index contributed by atoms with van der Waals surface area (Å²) in [5.74, 6) is -0.143. The van der Waals surface area contributed by atoms with Crippen molar-refractivity contribution in [2.75, 3.05) is 62.7 Å². The number of carbonyl (C=O) groups excluding carboxylic acids is 1. The molecule has 0 saturated carbocycles. The topological polar surface area (TPSA) is 172 Å². The van der Waals surface area contributed by atoms with E-state index in [9.17, 15) is 23.3 Å². The third-order valence-electron chi connectivity index (χ3n) is 13.0. The highest BCUT2D eigenvalue weighted by Crippen LogP contribution is 2.45. The number of fused-ring (bicyclic) bond motifs is 1. The Balaban J connectivity index is 0.895. The highest BCUT2D eigenvalue weighted by Gasteiger charge is 2.45. The Hall–Kier alpha value is -5.48. The standard InChI is InChI=1S/C46H50ClN7O7S/c47-35-7-5-32(6-8-35)39-4-2-1-3-34(39)28-52-19-16-46(17-20-52)29-53(30-46)36-9-11-40(43(24-36)61-37-23-33-13-18-48-44(33)50-27-37)45(55)51-62(58,59)38-10-12-41(42(25-38)54(56)57)49-26-31-14-21-60-22-15-31/h5-13,18,23-25,27,31,49H,1-4,14-17,19-22,26,28-30H2,(H,48,50)(H,51,55). The number of allylic oxidation sites excluding steroid dienone is 1. The summed E-state index contributed by atoms with van der Waals surface area (Å²) >= 11 is 6.20. The summed E-state index contributed by atoms with van der Waals surface area (Å²) in [6, 6.07) is 20.6. The van der Waals surface area contributed by atoms with Gasteiger partial charge in [-0.25, -0.2) is 18.1 Å². The van der Waals surface area contributed by atoms with Gasteiger partial charge in [0.2, 0.25) is 0 Å². The number of sulfonamides is 1. The summed E-state index contributed by atoms with van der Waals surface area (Å²) in [6.45, 7) is 6.51. The van der Waals surface area contributed by atoms with Gasteiger partial charge in [-0.1, -0.05) is 29.3 Å². The molecule has 5 heterocycles. The Labute approximate surface area is 365 Å². The lowest BCUT2D eigenvalue weighted by molar-refractivity contribution is -0.384. The van der Waals surface area contributed by atoms with Crippen LogP contribution >= 0.6 is 11.6 Å². The first-order valence-corrected chi connectivity index (χ1v) is 23.2. The van der Waals surface area contributed by atoms with Gasteiger partial charge in [-0.3, -0.25) is 19.8 Å². The lowest BCUT2D eigenvalue weighted by Crippen LogP contribution is -2.60. The fourth-order valence-corrected chi connectivity index (χ4v) is 10.5. The van der Waals surface area contributed by atoms with Crippen LogP contribution in [0, 0.1) is 21.4 Å². The maximum absolute atomic E-state index is 13.9. The molecule has 0 atom stereocenters. The van der Waals surface area contributed by atoms with Gasteiger partial charge in [0.25, 0.3) is 21.6 Å². The quantitative estimate of drug-likeness (QED) is 0.0763. The van der Waals surface area contributed by atoms with Crippen LogP contribution in [0.5, 0.6) is 11.5 Å². The van der Waals surface area contributed by atoms with Crippen molar-refractivity contribution in [1.29, 1.82) is 0 Å². The number of nitrogens with one attached hydrogen (secondary N) is 3. The van der Waals surface area contributed by atoms with E-state index in [-0.39, 0.29) is 28.3 Å². The first-order valence-electron chi connectivity index (χ1n) is 21.4. The molecule has 1 spiro atoms. The van der Waals surface area contributed by atoms with Gasteiger partial charge in [-0.2, -0.15) is 0 Å². The number of carbonyl (C=O) groups is 1. The molecule has 2 aromatic heterocycles. The molecule has 1 amide bonds. The van der Waals surface area contributed by atoms with Crippen molar-refractivity contribution in [3.63, 3.8) is 0 Å². The zero-order valence-corrected chi connectivity index (χ0v) is 36.0. The highest BCUT2D eigenvalue weighted by molar-refractivity contribution is 7.90. The van der Waals surface area contributed by atoms with Crippen LogP contribution in [0.15, 0.2) is 95.7 Å². The third-order valence-corrected chi connectivity index (χ3v) is 14.5. The molecule has 62 heavy (non-hydrogen) atoms. The van der Waals surface area contributed by atoms with Gasteiger partial charge in [0.1, 0.15) is 22.8 Å². The van der Waals surface area contributed by atoms with Crippen molar-refractivity contribution in [2.24, 2.45) is 11.3 Å². The van der Waals surface area contributed by atoms with Crippen molar-refractivity contribution in [3.8, 4) is 11.5 Å². The zero-order valence-electron chi connectivity index (χ0n) is 34.4. The fourth-order valence-electron chi connectivity index (χ4n) is 9.36. The zero-order chi connectivity index (χ0) is 42.8. The van der Waals surface area contributed by atoms with Crippen LogP contribution in [0.1, 0.15) is 67.3 Å². The second-order valence-electron chi connectivity index (χ2n) is 17.1. The number of likely N-dealkylation sites (tertiary alicyclic amines) is 1. The number of aromatic amines is 1. The number of halogens is 1. The number of nitro benzene ring substituents is 1. The molecule has 9 rings (SSSR count). The summed E-state index contributed by atoms with van der Waals surface area (Å²) in [6.07, 6.45) is 11.8. The average molecular weight is 880 g/mol. The van der Waals surface area contributed by atoms with Crippen LogP contribution in [-0.2, 0) is 14.8 Å². The van der Waals surface area contributed by atoms with E-state index < -0.39 is 31.4 Å². The van der Waals surface area contributed by atoms with E-state index >= 15 is 0 Å². The molecular weight excluding hydrogens is 830 g/mol. The molecule has 3 saturated heterocycles. The average Bonchev–Trinajstić information content (AvgIpc) is 3.74. The molecule has 3 aliphatic heterocycles. The summed E-state index contributed by atoms with van der Waals surface area (Å²) in [4.78, 5) is 37.3.